The third-order valence-electron chi connectivity index (χ3n) is 3.33. The zero-order chi connectivity index (χ0) is 16.4. The summed E-state index contributed by atoms with van der Waals surface area (Å²) in [4.78, 5) is 8.36. The maximum absolute atomic E-state index is 13.2. The molecule has 0 fully saturated rings. The molecule has 7 heteroatoms. The van der Waals surface area contributed by atoms with E-state index in [4.69, 9.17) is 0 Å². The monoisotopic (exact) mass is 381 g/mol. The van der Waals surface area contributed by atoms with Crippen molar-refractivity contribution in [3.8, 4) is 0 Å². The molecule has 1 aromatic carbocycles. The number of aromatic nitrogens is 2. The predicted molar refractivity (Wildman–Crippen MR) is 86.0 cm³/mol. The summed E-state index contributed by atoms with van der Waals surface area (Å²) in [5, 5.41) is 3.55. The molecule has 0 spiro atoms. The quantitative estimate of drug-likeness (QED) is 0.691. The lowest BCUT2D eigenvalue weighted by atomic mass is 10.1. The highest BCUT2D eigenvalue weighted by atomic mass is 79.9. The first-order chi connectivity index (χ1) is 11.0. The van der Waals surface area contributed by atoms with Crippen molar-refractivity contribution in [3.63, 3.8) is 0 Å². The van der Waals surface area contributed by atoms with Crippen molar-refractivity contribution in [1.29, 1.82) is 0 Å². The molecule has 2 heterocycles. The van der Waals surface area contributed by atoms with Crippen LogP contribution in [-0.2, 0) is 12.7 Å². The number of rotatable bonds is 3. The van der Waals surface area contributed by atoms with E-state index in [-0.39, 0.29) is 5.39 Å². The average Bonchev–Trinajstić information content (AvgIpc) is 2.54. The Kier molecular flexibility index (Phi) is 4.21. The summed E-state index contributed by atoms with van der Waals surface area (Å²) in [5.41, 5.74) is 0.0857. The largest absolute Gasteiger partial charge is 0.417 e. The minimum absolute atomic E-state index is 0.0959. The number of alkyl halides is 3. The highest BCUT2D eigenvalue weighted by molar-refractivity contribution is 9.10. The van der Waals surface area contributed by atoms with E-state index in [1.807, 2.05) is 12.1 Å². The topological polar surface area (TPSA) is 37.8 Å². The van der Waals surface area contributed by atoms with Crippen LogP contribution in [-0.4, -0.2) is 9.97 Å². The van der Waals surface area contributed by atoms with E-state index in [0.29, 0.717) is 22.2 Å². The van der Waals surface area contributed by atoms with Crippen LogP contribution in [0.4, 0.5) is 19.0 Å². The van der Waals surface area contributed by atoms with Gasteiger partial charge in [0.15, 0.2) is 0 Å². The van der Waals surface area contributed by atoms with Gasteiger partial charge in [-0.25, -0.2) is 4.98 Å². The Morgan fingerprint density at radius 3 is 2.57 bits per heavy atom. The van der Waals surface area contributed by atoms with E-state index in [0.717, 1.165) is 11.8 Å². The molecule has 3 nitrogen and oxygen atoms in total. The molecule has 118 valence electrons. The Morgan fingerprint density at radius 2 is 1.87 bits per heavy atom. The van der Waals surface area contributed by atoms with E-state index in [9.17, 15) is 13.2 Å². The average molecular weight is 382 g/mol. The minimum atomic E-state index is -4.43. The number of pyridine rings is 2. The molecule has 0 amide bonds. The van der Waals surface area contributed by atoms with Crippen LogP contribution in [0, 0.1) is 0 Å². The van der Waals surface area contributed by atoms with E-state index < -0.39 is 11.7 Å². The molecule has 0 aliphatic rings. The molecule has 0 atom stereocenters. The summed E-state index contributed by atoms with van der Waals surface area (Å²) in [6, 6.07) is 9.53. The Labute approximate surface area is 138 Å². The lowest BCUT2D eigenvalue weighted by Crippen LogP contribution is -2.08. The van der Waals surface area contributed by atoms with Gasteiger partial charge in [-0.05, 0) is 34.1 Å². The normalized spacial score (nSPS) is 11.7. The molecule has 1 N–H and O–H groups in total. The van der Waals surface area contributed by atoms with E-state index >= 15 is 0 Å². The maximum atomic E-state index is 13.2. The van der Waals surface area contributed by atoms with Crippen LogP contribution in [0.3, 0.4) is 0 Å². The Morgan fingerprint density at radius 1 is 1.04 bits per heavy atom. The van der Waals surface area contributed by atoms with Gasteiger partial charge in [0, 0.05) is 27.6 Å². The molecule has 0 saturated carbocycles. The number of nitrogens with one attached hydrogen (secondary N) is 1. The predicted octanol–water partition coefficient (Wildman–Crippen LogP) is 5.02. The number of anilines is 1. The summed E-state index contributed by atoms with van der Waals surface area (Å²) in [5.74, 6) is 0.389. The van der Waals surface area contributed by atoms with Gasteiger partial charge in [-0.2, -0.15) is 13.2 Å². The number of halogens is 4. The first-order valence-electron chi connectivity index (χ1n) is 6.75. The van der Waals surface area contributed by atoms with Gasteiger partial charge in [0.25, 0.3) is 0 Å². The number of hydrogen-bond donors (Lipinski definition) is 1. The highest BCUT2D eigenvalue weighted by Crippen LogP contribution is 2.39. The fraction of sp³-hybridized carbons (Fsp3) is 0.125. The van der Waals surface area contributed by atoms with Crippen LogP contribution in [0.2, 0.25) is 0 Å². The molecule has 3 rings (SSSR count). The van der Waals surface area contributed by atoms with Crippen molar-refractivity contribution in [1.82, 2.24) is 9.97 Å². The molecule has 0 saturated heterocycles. The second-order valence-corrected chi connectivity index (χ2v) is 5.71. The Bertz CT molecular complexity index is 835. The lowest BCUT2D eigenvalue weighted by Gasteiger charge is -2.14. The van der Waals surface area contributed by atoms with Crippen LogP contribution in [0.15, 0.2) is 53.3 Å². The Hall–Kier alpha value is -2.15. The summed E-state index contributed by atoms with van der Waals surface area (Å²) < 4.78 is 39.9. The summed E-state index contributed by atoms with van der Waals surface area (Å²) in [6.07, 6.45) is -1.40. The number of nitrogens with zero attached hydrogens (tertiary/aromatic N) is 2. The van der Waals surface area contributed by atoms with Crippen LogP contribution >= 0.6 is 15.9 Å². The fourth-order valence-corrected chi connectivity index (χ4v) is 2.85. The van der Waals surface area contributed by atoms with E-state index in [1.54, 1.807) is 18.3 Å². The molecule has 2 aromatic heterocycles. The van der Waals surface area contributed by atoms with Crippen molar-refractivity contribution in [2.24, 2.45) is 0 Å². The maximum Gasteiger partial charge on any atom is 0.417 e. The van der Waals surface area contributed by atoms with Crippen molar-refractivity contribution in [3.05, 3.63) is 64.5 Å². The molecule has 3 aromatic rings. The molecular weight excluding hydrogens is 371 g/mol. The summed E-state index contributed by atoms with van der Waals surface area (Å²) in [6.45, 7) is 0.376. The molecule has 0 aliphatic carbocycles. The molecule has 0 radical (unpaired) electrons. The first kappa shape index (κ1) is 15.7. The SMILES string of the molecule is FC(F)(F)c1cccc2c(NCc3ccccn3)ncc(Br)c12. The smallest absolute Gasteiger partial charge is 0.364 e. The van der Waals surface area contributed by atoms with Crippen molar-refractivity contribution in [2.45, 2.75) is 12.7 Å². The van der Waals surface area contributed by atoms with E-state index in [2.05, 4.69) is 31.2 Å². The van der Waals surface area contributed by atoms with Gasteiger partial charge in [-0.3, -0.25) is 4.98 Å². The highest BCUT2D eigenvalue weighted by Gasteiger charge is 2.33. The molecule has 0 bridgehead atoms. The molecule has 23 heavy (non-hydrogen) atoms. The zero-order valence-electron chi connectivity index (χ0n) is 11.7. The number of fused-ring (bicyclic) bond motifs is 1. The van der Waals surface area contributed by atoms with Gasteiger partial charge in [0.2, 0.25) is 0 Å². The van der Waals surface area contributed by atoms with Gasteiger partial charge in [0.05, 0.1) is 17.8 Å². The van der Waals surface area contributed by atoms with Gasteiger partial charge < -0.3 is 5.32 Å². The van der Waals surface area contributed by atoms with Gasteiger partial charge in [0.1, 0.15) is 5.82 Å². The van der Waals surface area contributed by atoms with Crippen LogP contribution in [0.1, 0.15) is 11.3 Å². The standard InChI is InChI=1S/C16H11BrF3N3/c17-13-9-23-15(22-8-10-4-1-2-7-21-10)11-5-3-6-12(14(11)13)16(18,19)20/h1-7,9H,8H2,(H,22,23). The second-order valence-electron chi connectivity index (χ2n) is 4.86. The number of hydrogen-bond acceptors (Lipinski definition) is 3. The van der Waals surface area contributed by atoms with Crippen LogP contribution in [0.5, 0.6) is 0 Å². The first-order valence-corrected chi connectivity index (χ1v) is 7.54. The van der Waals surface area contributed by atoms with Crippen LogP contribution < -0.4 is 5.32 Å². The second kappa shape index (κ2) is 6.16. The summed E-state index contributed by atoms with van der Waals surface area (Å²) >= 11 is 3.17. The van der Waals surface area contributed by atoms with Crippen molar-refractivity contribution in [2.75, 3.05) is 5.32 Å². The molecular formula is C16H11BrF3N3. The zero-order valence-corrected chi connectivity index (χ0v) is 13.3. The van der Waals surface area contributed by atoms with Crippen molar-refractivity contribution < 1.29 is 13.2 Å². The van der Waals surface area contributed by atoms with Gasteiger partial charge in [-0.1, -0.05) is 18.2 Å². The third-order valence-corrected chi connectivity index (χ3v) is 3.94. The van der Waals surface area contributed by atoms with Gasteiger partial charge in [-0.15, -0.1) is 0 Å². The fourth-order valence-electron chi connectivity index (χ4n) is 2.32. The third kappa shape index (κ3) is 3.29. The minimum Gasteiger partial charge on any atom is -0.364 e. The van der Waals surface area contributed by atoms with Crippen molar-refractivity contribution >= 4 is 32.5 Å². The van der Waals surface area contributed by atoms with E-state index in [1.165, 1.54) is 12.3 Å². The summed E-state index contributed by atoms with van der Waals surface area (Å²) in [7, 11) is 0. The Balaban J connectivity index is 2.04. The van der Waals surface area contributed by atoms with Gasteiger partial charge >= 0.3 is 6.18 Å². The molecule has 0 unspecified atom stereocenters. The lowest BCUT2D eigenvalue weighted by molar-refractivity contribution is -0.136. The van der Waals surface area contributed by atoms with Crippen LogP contribution in [0.25, 0.3) is 10.8 Å². The molecule has 0 aliphatic heterocycles. The number of benzene rings is 1.